The van der Waals surface area contributed by atoms with Crippen molar-refractivity contribution in [3.05, 3.63) is 93.4 Å². The standard InChI is InChI=1S/C25H23N3O5S/c1-15-7-12-20-23(29)21(13-16-8-10-19(11-9-16)34(3,31)32)22(25(30)33-2)28(24(20)27-15)18-6-4-5-17(26)14-18/h4-12,14H,13,26H2,1-3H3. The zero-order valence-electron chi connectivity index (χ0n) is 18.9. The quantitative estimate of drug-likeness (QED) is 0.346. The van der Waals surface area contributed by atoms with E-state index in [4.69, 9.17) is 10.5 Å². The van der Waals surface area contributed by atoms with Crippen LogP contribution in [0.5, 0.6) is 0 Å². The number of ether oxygens (including phenoxy) is 1. The molecule has 0 aliphatic rings. The van der Waals surface area contributed by atoms with Crippen LogP contribution in [0, 0.1) is 6.92 Å². The molecule has 0 amide bonds. The maximum atomic E-state index is 13.6. The summed E-state index contributed by atoms with van der Waals surface area (Å²) in [5, 5.41) is 0.337. The van der Waals surface area contributed by atoms with Crippen molar-refractivity contribution in [1.29, 1.82) is 0 Å². The topological polar surface area (TPSA) is 121 Å². The molecule has 174 valence electrons. The first-order valence-electron chi connectivity index (χ1n) is 10.4. The summed E-state index contributed by atoms with van der Waals surface area (Å²) < 4.78 is 30.3. The molecule has 0 unspecified atom stereocenters. The smallest absolute Gasteiger partial charge is 0.355 e. The Morgan fingerprint density at radius 1 is 1.09 bits per heavy atom. The summed E-state index contributed by atoms with van der Waals surface area (Å²) in [6.07, 6.45) is 1.21. The second-order valence-corrected chi connectivity index (χ2v) is 10.0. The summed E-state index contributed by atoms with van der Waals surface area (Å²) in [7, 11) is -2.12. The highest BCUT2D eigenvalue weighted by Crippen LogP contribution is 2.25. The van der Waals surface area contributed by atoms with E-state index in [9.17, 15) is 18.0 Å². The number of fused-ring (bicyclic) bond motifs is 1. The Kier molecular flexibility index (Phi) is 5.97. The van der Waals surface area contributed by atoms with E-state index in [0.29, 0.717) is 33.7 Å². The number of hydrogen-bond acceptors (Lipinski definition) is 7. The van der Waals surface area contributed by atoms with Gasteiger partial charge in [0.15, 0.2) is 15.3 Å². The first kappa shape index (κ1) is 23.2. The number of nitrogen functional groups attached to an aromatic ring is 1. The van der Waals surface area contributed by atoms with Crippen molar-refractivity contribution in [3.8, 4) is 5.69 Å². The molecule has 2 aromatic heterocycles. The molecule has 2 aromatic carbocycles. The van der Waals surface area contributed by atoms with E-state index in [1.807, 2.05) is 0 Å². The summed E-state index contributed by atoms with van der Waals surface area (Å²) in [4.78, 5) is 31.4. The van der Waals surface area contributed by atoms with Crippen LogP contribution in [-0.4, -0.2) is 37.3 Å². The van der Waals surface area contributed by atoms with Crippen LogP contribution in [-0.2, 0) is 21.0 Å². The molecule has 8 nitrogen and oxygen atoms in total. The third-order valence-electron chi connectivity index (χ3n) is 5.49. The van der Waals surface area contributed by atoms with Crippen molar-refractivity contribution < 1.29 is 17.9 Å². The number of sulfone groups is 1. The van der Waals surface area contributed by atoms with Crippen LogP contribution in [0.2, 0.25) is 0 Å². The Bertz CT molecular complexity index is 1590. The fourth-order valence-electron chi connectivity index (χ4n) is 3.85. The van der Waals surface area contributed by atoms with Gasteiger partial charge in [0.25, 0.3) is 0 Å². The number of carbonyl (C=O) groups excluding carboxylic acids is 1. The molecule has 4 aromatic rings. The summed E-state index contributed by atoms with van der Waals surface area (Å²) >= 11 is 0. The number of esters is 1. The van der Waals surface area contributed by atoms with Gasteiger partial charge < -0.3 is 10.5 Å². The number of aryl methyl sites for hydroxylation is 1. The summed E-state index contributed by atoms with van der Waals surface area (Å²) in [6, 6.07) is 16.5. The molecule has 0 fully saturated rings. The zero-order chi connectivity index (χ0) is 24.6. The highest BCUT2D eigenvalue weighted by Gasteiger charge is 2.25. The second kappa shape index (κ2) is 8.75. The van der Waals surface area contributed by atoms with E-state index in [-0.39, 0.29) is 28.0 Å². The first-order valence-corrected chi connectivity index (χ1v) is 12.3. The summed E-state index contributed by atoms with van der Waals surface area (Å²) in [5.74, 6) is -0.701. The predicted molar refractivity (Wildman–Crippen MR) is 130 cm³/mol. The lowest BCUT2D eigenvalue weighted by atomic mass is 10.00. The fraction of sp³-hybridized carbons (Fsp3) is 0.160. The molecular weight excluding hydrogens is 454 g/mol. The highest BCUT2D eigenvalue weighted by molar-refractivity contribution is 7.90. The van der Waals surface area contributed by atoms with Gasteiger partial charge in [-0.05, 0) is 55.0 Å². The second-order valence-electron chi connectivity index (χ2n) is 7.99. The van der Waals surface area contributed by atoms with Crippen molar-refractivity contribution in [2.45, 2.75) is 18.2 Å². The van der Waals surface area contributed by atoms with Gasteiger partial charge in [-0.3, -0.25) is 9.36 Å². The van der Waals surface area contributed by atoms with Crippen LogP contribution in [0.3, 0.4) is 0 Å². The Hall–Kier alpha value is -3.98. The third-order valence-corrected chi connectivity index (χ3v) is 6.62. The molecule has 0 saturated heterocycles. The monoisotopic (exact) mass is 477 g/mol. The van der Waals surface area contributed by atoms with Gasteiger partial charge in [-0.15, -0.1) is 0 Å². The number of pyridine rings is 2. The molecule has 0 radical (unpaired) electrons. The maximum absolute atomic E-state index is 13.6. The van der Waals surface area contributed by atoms with Crippen LogP contribution in [0.15, 0.2) is 70.4 Å². The molecule has 4 rings (SSSR count). The number of nitrogens with two attached hydrogens (primary N) is 1. The number of rotatable bonds is 5. The van der Waals surface area contributed by atoms with Crippen LogP contribution in [0.25, 0.3) is 16.7 Å². The number of carbonyl (C=O) groups is 1. The number of hydrogen-bond donors (Lipinski definition) is 1. The van der Waals surface area contributed by atoms with E-state index in [1.54, 1.807) is 60.0 Å². The van der Waals surface area contributed by atoms with Crippen molar-refractivity contribution >= 4 is 32.5 Å². The highest BCUT2D eigenvalue weighted by atomic mass is 32.2. The maximum Gasteiger partial charge on any atom is 0.355 e. The van der Waals surface area contributed by atoms with Gasteiger partial charge in [0.1, 0.15) is 11.3 Å². The number of aromatic nitrogens is 2. The van der Waals surface area contributed by atoms with Gasteiger partial charge in [-0.2, -0.15) is 0 Å². The minimum Gasteiger partial charge on any atom is -0.464 e. The Morgan fingerprint density at radius 2 is 1.79 bits per heavy atom. The van der Waals surface area contributed by atoms with Crippen LogP contribution < -0.4 is 11.2 Å². The molecule has 2 N–H and O–H groups in total. The van der Waals surface area contributed by atoms with Gasteiger partial charge in [-0.1, -0.05) is 18.2 Å². The fourth-order valence-corrected chi connectivity index (χ4v) is 4.48. The normalized spacial score (nSPS) is 11.5. The van der Waals surface area contributed by atoms with Crippen molar-refractivity contribution in [1.82, 2.24) is 9.55 Å². The van der Waals surface area contributed by atoms with Gasteiger partial charge in [0, 0.05) is 35.3 Å². The average Bonchev–Trinajstić information content (AvgIpc) is 2.79. The van der Waals surface area contributed by atoms with Gasteiger partial charge in [-0.25, -0.2) is 18.2 Å². The molecule has 0 aliphatic heterocycles. The lowest BCUT2D eigenvalue weighted by Crippen LogP contribution is -2.25. The summed E-state index contributed by atoms with van der Waals surface area (Å²) in [5.41, 5.74) is 8.58. The van der Waals surface area contributed by atoms with Crippen molar-refractivity contribution in [3.63, 3.8) is 0 Å². The minimum absolute atomic E-state index is 0.0379. The Balaban J connectivity index is 2.05. The van der Waals surface area contributed by atoms with Crippen LogP contribution in [0.4, 0.5) is 5.69 Å². The van der Waals surface area contributed by atoms with Crippen LogP contribution >= 0.6 is 0 Å². The van der Waals surface area contributed by atoms with Gasteiger partial charge in [0.05, 0.1) is 17.4 Å². The predicted octanol–water partition coefficient (Wildman–Crippen LogP) is 3.06. The lowest BCUT2D eigenvalue weighted by Gasteiger charge is -2.19. The molecule has 9 heteroatoms. The molecule has 34 heavy (non-hydrogen) atoms. The van der Waals surface area contributed by atoms with Gasteiger partial charge >= 0.3 is 5.97 Å². The first-order chi connectivity index (χ1) is 16.1. The molecule has 0 saturated carbocycles. The Morgan fingerprint density at radius 3 is 2.41 bits per heavy atom. The van der Waals surface area contributed by atoms with E-state index in [1.165, 1.54) is 19.2 Å². The minimum atomic E-state index is -3.37. The molecule has 0 bridgehead atoms. The molecule has 0 spiro atoms. The number of methoxy groups -OCH3 is 1. The third kappa shape index (κ3) is 4.29. The molecule has 0 aliphatic carbocycles. The van der Waals surface area contributed by atoms with Crippen LogP contribution in [0.1, 0.15) is 27.3 Å². The Labute approximate surface area is 196 Å². The number of benzene rings is 2. The van der Waals surface area contributed by atoms with E-state index in [0.717, 1.165) is 6.26 Å². The average molecular weight is 478 g/mol. The van der Waals surface area contributed by atoms with Gasteiger partial charge in [0.2, 0.25) is 0 Å². The molecule has 0 atom stereocenters. The summed E-state index contributed by atoms with van der Waals surface area (Å²) in [6.45, 7) is 1.79. The van der Waals surface area contributed by atoms with Crippen molar-refractivity contribution in [2.24, 2.45) is 0 Å². The SMILES string of the molecule is COC(=O)c1c(Cc2ccc(S(C)(=O)=O)cc2)c(=O)c2ccc(C)nc2n1-c1cccc(N)c1. The molecule has 2 heterocycles. The largest absolute Gasteiger partial charge is 0.464 e. The lowest BCUT2D eigenvalue weighted by molar-refractivity contribution is 0.0590. The zero-order valence-corrected chi connectivity index (χ0v) is 19.7. The van der Waals surface area contributed by atoms with E-state index >= 15 is 0 Å². The number of nitrogens with zero attached hydrogens (tertiary/aromatic N) is 2. The van der Waals surface area contributed by atoms with E-state index in [2.05, 4.69) is 4.98 Å². The molecular formula is C25H23N3O5S. The van der Waals surface area contributed by atoms with Crippen molar-refractivity contribution in [2.75, 3.05) is 19.1 Å². The number of anilines is 1. The van der Waals surface area contributed by atoms with E-state index < -0.39 is 15.8 Å².